The number of amidine groups is 1. The monoisotopic (exact) mass is 478 g/mol. The van der Waals surface area contributed by atoms with E-state index in [4.69, 9.17) is 21.1 Å². The summed E-state index contributed by atoms with van der Waals surface area (Å²) in [4.78, 5) is 14.5. The van der Waals surface area contributed by atoms with E-state index < -0.39 is 10.0 Å². The van der Waals surface area contributed by atoms with Crippen LogP contribution in [0.3, 0.4) is 0 Å². The molecular weight excluding hydrogens is 460 g/mol. The lowest BCUT2D eigenvalue weighted by Crippen LogP contribution is -2.29. The Hall–Kier alpha value is -2.75. The Labute approximate surface area is 190 Å². The second kappa shape index (κ2) is 9.59. The van der Waals surface area contributed by atoms with Crippen molar-refractivity contribution >= 4 is 50.5 Å². The Morgan fingerprint density at radius 3 is 2.48 bits per heavy atom. The molecule has 1 saturated heterocycles. The predicted octanol–water partition coefficient (Wildman–Crippen LogP) is 4.20. The molecule has 0 N–H and O–H groups in total. The van der Waals surface area contributed by atoms with E-state index in [1.165, 1.54) is 42.4 Å². The van der Waals surface area contributed by atoms with Crippen molar-refractivity contribution in [3.63, 3.8) is 0 Å². The van der Waals surface area contributed by atoms with Gasteiger partial charge in [0.25, 0.3) is 15.9 Å². The van der Waals surface area contributed by atoms with E-state index in [9.17, 15) is 13.2 Å². The predicted molar refractivity (Wildman–Crippen MR) is 123 cm³/mol. The summed E-state index contributed by atoms with van der Waals surface area (Å²) in [5, 5.41) is 0.447. The minimum absolute atomic E-state index is 0.0229. The first-order valence-corrected chi connectivity index (χ1v) is 11.6. The molecule has 1 aliphatic rings. The number of thioether (sulfide) groups is 1. The van der Waals surface area contributed by atoms with Crippen molar-refractivity contribution in [2.45, 2.75) is 4.90 Å². The third-order valence-corrected chi connectivity index (χ3v) is 6.89. The fourth-order valence-corrected chi connectivity index (χ4v) is 5.01. The van der Waals surface area contributed by atoms with E-state index in [2.05, 4.69) is 11.0 Å². The molecule has 2 aromatic rings. The van der Waals surface area contributed by atoms with E-state index in [0.29, 0.717) is 27.0 Å². The Morgan fingerprint density at radius 1 is 1.16 bits per heavy atom. The highest BCUT2D eigenvalue weighted by molar-refractivity contribution is 8.19. The lowest BCUT2D eigenvalue weighted by atomic mass is 10.1. The van der Waals surface area contributed by atoms with Crippen molar-refractivity contribution in [3.8, 4) is 11.5 Å². The van der Waals surface area contributed by atoms with Crippen LogP contribution in [0.2, 0.25) is 5.02 Å². The highest BCUT2D eigenvalue weighted by Gasteiger charge is 2.34. The van der Waals surface area contributed by atoms with Crippen molar-refractivity contribution in [1.29, 1.82) is 0 Å². The van der Waals surface area contributed by atoms with Gasteiger partial charge in [0, 0.05) is 23.2 Å². The zero-order valence-corrected chi connectivity index (χ0v) is 19.1. The standard InChI is InChI=1S/C21H19ClN2O5S2/c1-4-11-24-20(25)19(12-14-5-8-16(28-2)13-18(14)29-3)30-21(24)23-31(26,27)17-9-6-15(22)7-10-17/h4-10,12-13H,1,11H2,2-3H3/b19-12-,23-21+. The first-order valence-electron chi connectivity index (χ1n) is 8.94. The molecule has 162 valence electrons. The van der Waals surface area contributed by atoms with Crippen LogP contribution < -0.4 is 9.47 Å². The molecule has 7 nitrogen and oxygen atoms in total. The van der Waals surface area contributed by atoms with Gasteiger partial charge in [-0.15, -0.1) is 11.0 Å². The van der Waals surface area contributed by atoms with Gasteiger partial charge in [-0.3, -0.25) is 9.69 Å². The molecule has 0 spiro atoms. The molecule has 0 atom stereocenters. The van der Waals surface area contributed by atoms with Gasteiger partial charge >= 0.3 is 0 Å². The number of carbonyl (C=O) groups is 1. The molecular formula is C21H19ClN2O5S2. The first kappa shape index (κ1) is 22.9. The van der Waals surface area contributed by atoms with Crippen LogP contribution in [-0.2, 0) is 14.8 Å². The van der Waals surface area contributed by atoms with Crippen LogP contribution >= 0.6 is 23.4 Å². The highest BCUT2D eigenvalue weighted by atomic mass is 35.5. The lowest BCUT2D eigenvalue weighted by molar-refractivity contribution is -0.121. The summed E-state index contributed by atoms with van der Waals surface area (Å²) in [7, 11) is -0.990. The average Bonchev–Trinajstić information content (AvgIpc) is 3.03. The van der Waals surface area contributed by atoms with E-state index in [0.717, 1.165) is 11.8 Å². The summed E-state index contributed by atoms with van der Waals surface area (Å²) in [5.74, 6) is 0.733. The Balaban J connectivity index is 2.01. The summed E-state index contributed by atoms with van der Waals surface area (Å²) in [5.41, 5.74) is 0.638. The van der Waals surface area contributed by atoms with Crippen LogP contribution in [0.25, 0.3) is 6.08 Å². The van der Waals surface area contributed by atoms with Gasteiger partial charge in [0.2, 0.25) is 0 Å². The number of rotatable bonds is 7. The number of nitrogens with zero attached hydrogens (tertiary/aromatic N) is 2. The summed E-state index contributed by atoms with van der Waals surface area (Å²) in [6, 6.07) is 10.8. The summed E-state index contributed by atoms with van der Waals surface area (Å²) >= 11 is 6.79. The molecule has 1 heterocycles. The topological polar surface area (TPSA) is 85.3 Å². The maximum Gasteiger partial charge on any atom is 0.284 e. The number of benzene rings is 2. The Morgan fingerprint density at radius 2 is 1.87 bits per heavy atom. The number of ether oxygens (including phenoxy) is 2. The van der Waals surface area contributed by atoms with E-state index in [1.807, 2.05) is 0 Å². The normalized spacial score (nSPS) is 16.7. The number of hydrogen-bond donors (Lipinski definition) is 0. The number of sulfonamides is 1. The molecule has 0 aromatic heterocycles. The number of carbonyl (C=O) groups excluding carboxylic acids is 1. The molecule has 0 bridgehead atoms. The zero-order valence-electron chi connectivity index (χ0n) is 16.7. The Bertz CT molecular complexity index is 1170. The zero-order chi connectivity index (χ0) is 22.6. The van der Waals surface area contributed by atoms with Gasteiger partial charge < -0.3 is 9.47 Å². The lowest BCUT2D eigenvalue weighted by Gasteiger charge is -2.12. The fraction of sp³-hybridized carbons (Fsp3) is 0.143. The van der Waals surface area contributed by atoms with E-state index >= 15 is 0 Å². The quantitative estimate of drug-likeness (QED) is 0.438. The number of methoxy groups -OCH3 is 2. The summed E-state index contributed by atoms with van der Waals surface area (Å²) < 4.78 is 39.9. The molecule has 3 rings (SSSR count). The van der Waals surface area contributed by atoms with Crippen LogP contribution in [0.15, 0.2) is 69.3 Å². The fourth-order valence-electron chi connectivity index (χ4n) is 2.71. The number of halogens is 1. The Kier molecular flexibility index (Phi) is 7.09. The molecule has 0 radical (unpaired) electrons. The molecule has 31 heavy (non-hydrogen) atoms. The van der Waals surface area contributed by atoms with Crippen LogP contribution in [0.4, 0.5) is 0 Å². The highest BCUT2D eigenvalue weighted by Crippen LogP contribution is 2.36. The van der Waals surface area contributed by atoms with Crippen LogP contribution in [-0.4, -0.2) is 45.2 Å². The smallest absolute Gasteiger partial charge is 0.284 e. The van der Waals surface area contributed by atoms with Gasteiger partial charge in [0.1, 0.15) is 11.5 Å². The van der Waals surface area contributed by atoms with Crippen molar-refractivity contribution in [2.24, 2.45) is 4.40 Å². The molecule has 1 amide bonds. The number of hydrogen-bond acceptors (Lipinski definition) is 6. The third kappa shape index (κ3) is 5.12. The van der Waals surface area contributed by atoms with Crippen molar-refractivity contribution in [1.82, 2.24) is 4.90 Å². The molecule has 1 fully saturated rings. The second-order valence-corrected chi connectivity index (χ2v) is 9.28. The van der Waals surface area contributed by atoms with Gasteiger partial charge in [-0.2, -0.15) is 8.42 Å². The largest absolute Gasteiger partial charge is 0.497 e. The molecule has 10 heteroatoms. The minimum Gasteiger partial charge on any atom is -0.497 e. The van der Waals surface area contributed by atoms with Crippen molar-refractivity contribution in [2.75, 3.05) is 20.8 Å². The molecule has 2 aromatic carbocycles. The van der Waals surface area contributed by atoms with Gasteiger partial charge in [0.15, 0.2) is 5.17 Å². The molecule has 0 aliphatic carbocycles. The SMILES string of the molecule is C=CCN1C(=O)/C(=C/c2ccc(OC)cc2OC)S/C1=N/S(=O)(=O)c1ccc(Cl)cc1. The first-order chi connectivity index (χ1) is 14.8. The van der Waals surface area contributed by atoms with Crippen molar-refractivity contribution in [3.05, 3.63) is 70.6 Å². The van der Waals surface area contributed by atoms with Gasteiger partial charge in [-0.05, 0) is 54.2 Å². The molecule has 0 unspecified atom stereocenters. The van der Waals surface area contributed by atoms with E-state index in [-0.39, 0.29) is 22.5 Å². The average molecular weight is 479 g/mol. The molecule has 0 saturated carbocycles. The van der Waals surface area contributed by atoms with Gasteiger partial charge in [-0.1, -0.05) is 17.7 Å². The number of amides is 1. The third-order valence-electron chi connectivity index (χ3n) is 4.24. The minimum atomic E-state index is -4.04. The van der Waals surface area contributed by atoms with Crippen LogP contribution in [0.1, 0.15) is 5.56 Å². The second-order valence-electron chi connectivity index (χ2n) is 6.23. The van der Waals surface area contributed by atoms with Gasteiger partial charge in [0.05, 0.1) is 24.0 Å². The van der Waals surface area contributed by atoms with Crippen LogP contribution in [0, 0.1) is 0 Å². The van der Waals surface area contributed by atoms with Gasteiger partial charge in [-0.25, -0.2) is 0 Å². The summed E-state index contributed by atoms with van der Waals surface area (Å²) in [6.07, 6.45) is 3.12. The van der Waals surface area contributed by atoms with Crippen LogP contribution in [0.5, 0.6) is 11.5 Å². The summed E-state index contributed by atoms with van der Waals surface area (Å²) in [6.45, 7) is 3.75. The van der Waals surface area contributed by atoms with Crippen molar-refractivity contribution < 1.29 is 22.7 Å². The molecule has 1 aliphatic heterocycles. The maximum absolute atomic E-state index is 12.9. The van der Waals surface area contributed by atoms with E-state index in [1.54, 1.807) is 31.4 Å². The maximum atomic E-state index is 12.9.